The first-order chi connectivity index (χ1) is 10.4. The molecule has 4 rings (SSSR count). The lowest BCUT2D eigenvalue weighted by Gasteiger charge is -2.18. The molecule has 0 aliphatic heterocycles. The molecule has 0 fully saturated rings. The number of hydrogen-bond acceptors (Lipinski definition) is 4. The van der Waals surface area contributed by atoms with Gasteiger partial charge in [0.05, 0.1) is 0 Å². The molecular weight excluding hydrogens is 280 g/mol. The van der Waals surface area contributed by atoms with Gasteiger partial charge in [0.1, 0.15) is 23.0 Å². The molecule has 2 aliphatic carbocycles. The summed E-state index contributed by atoms with van der Waals surface area (Å²) in [4.78, 5) is 0. The van der Waals surface area contributed by atoms with Gasteiger partial charge in [-0.3, -0.25) is 0 Å². The summed E-state index contributed by atoms with van der Waals surface area (Å²) in [6, 6.07) is 6.19. The Bertz CT molecular complexity index is 729. The lowest BCUT2D eigenvalue weighted by Crippen LogP contribution is -2.04. The molecule has 4 heteroatoms. The van der Waals surface area contributed by atoms with Crippen molar-refractivity contribution >= 4 is 0 Å². The molecule has 4 nitrogen and oxygen atoms in total. The first-order valence-corrected chi connectivity index (χ1v) is 7.51. The van der Waals surface area contributed by atoms with Crippen molar-refractivity contribution in [3.05, 3.63) is 46.5 Å². The fourth-order valence-electron chi connectivity index (χ4n) is 4.74. The van der Waals surface area contributed by atoms with Crippen molar-refractivity contribution in [1.82, 2.24) is 0 Å². The Balaban J connectivity index is 1.98. The van der Waals surface area contributed by atoms with Crippen molar-refractivity contribution in [2.45, 2.75) is 37.5 Å². The second-order valence-corrected chi connectivity index (χ2v) is 6.56. The summed E-state index contributed by atoms with van der Waals surface area (Å²) in [6.07, 6.45) is 0. The Hall–Kier alpha value is -2.36. The van der Waals surface area contributed by atoms with Crippen LogP contribution in [-0.4, -0.2) is 20.4 Å². The quantitative estimate of drug-likeness (QED) is 0.599. The van der Waals surface area contributed by atoms with Crippen LogP contribution in [0, 0.1) is 0 Å². The standard InChI is InChI=1S/C18H18O4/c1-7-15-11(3-9(19)5-13(15)21)18-8(2)16-12(17(7)18)4-10(20)6-14(16)22/h3-8,17-22H,1-2H3. The van der Waals surface area contributed by atoms with E-state index in [1.54, 1.807) is 12.1 Å². The zero-order valence-electron chi connectivity index (χ0n) is 12.4. The van der Waals surface area contributed by atoms with Crippen LogP contribution in [0.15, 0.2) is 24.3 Å². The lowest BCUT2D eigenvalue weighted by atomic mass is 9.85. The first kappa shape index (κ1) is 13.3. The molecule has 0 heterocycles. The van der Waals surface area contributed by atoms with Crippen LogP contribution in [-0.2, 0) is 0 Å². The minimum atomic E-state index is 0.0549. The molecule has 0 amide bonds. The van der Waals surface area contributed by atoms with Crippen LogP contribution >= 0.6 is 0 Å². The van der Waals surface area contributed by atoms with Crippen molar-refractivity contribution in [3.8, 4) is 23.0 Å². The van der Waals surface area contributed by atoms with E-state index in [1.807, 2.05) is 13.8 Å². The van der Waals surface area contributed by atoms with Crippen LogP contribution in [0.5, 0.6) is 23.0 Å². The van der Waals surface area contributed by atoms with Gasteiger partial charge in [-0.15, -0.1) is 0 Å². The minimum Gasteiger partial charge on any atom is -0.508 e. The maximum Gasteiger partial charge on any atom is 0.123 e. The number of aromatic hydroxyl groups is 4. The highest BCUT2D eigenvalue weighted by Gasteiger charge is 2.50. The third kappa shape index (κ3) is 1.47. The van der Waals surface area contributed by atoms with Gasteiger partial charge in [0.2, 0.25) is 0 Å². The van der Waals surface area contributed by atoms with Gasteiger partial charge in [-0.05, 0) is 46.9 Å². The molecule has 2 aliphatic rings. The Morgan fingerprint density at radius 3 is 1.36 bits per heavy atom. The van der Waals surface area contributed by atoms with Crippen LogP contribution < -0.4 is 0 Å². The number of phenols is 4. The van der Waals surface area contributed by atoms with E-state index in [1.165, 1.54) is 12.1 Å². The SMILES string of the molecule is CC1c2c(O)cc(O)cc2C2C(C)c3c(O)cc(O)cc3C12. The second-order valence-electron chi connectivity index (χ2n) is 6.56. The molecule has 114 valence electrons. The fourth-order valence-corrected chi connectivity index (χ4v) is 4.74. The first-order valence-electron chi connectivity index (χ1n) is 7.51. The van der Waals surface area contributed by atoms with Gasteiger partial charge in [-0.1, -0.05) is 13.8 Å². The van der Waals surface area contributed by atoms with E-state index in [0.29, 0.717) is 0 Å². The summed E-state index contributed by atoms with van der Waals surface area (Å²) in [5, 5.41) is 40.1. The number of fused-ring (bicyclic) bond motifs is 5. The topological polar surface area (TPSA) is 80.9 Å². The normalized spacial score (nSPS) is 28.3. The Labute approximate surface area is 128 Å². The van der Waals surface area contributed by atoms with Gasteiger partial charge in [0, 0.05) is 23.3 Å². The third-order valence-electron chi connectivity index (χ3n) is 5.44. The molecule has 2 aromatic carbocycles. The molecule has 0 aromatic heterocycles. The predicted octanol–water partition coefficient (Wildman–Crippen LogP) is 3.61. The highest BCUT2D eigenvalue weighted by molar-refractivity contribution is 5.63. The van der Waals surface area contributed by atoms with Crippen molar-refractivity contribution in [2.75, 3.05) is 0 Å². The van der Waals surface area contributed by atoms with Crippen LogP contribution in [0.4, 0.5) is 0 Å². The summed E-state index contributed by atoms with van der Waals surface area (Å²) in [6.45, 7) is 4.09. The maximum absolute atomic E-state index is 10.2. The summed E-state index contributed by atoms with van der Waals surface area (Å²) >= 11 is 0. The van der Waals surface area contributed by atoms with Gasteiger partial charge < -0.3 is 20.4 Å². The number of benzene rings is 2. The number of hydrogen-bond donors (Lipinski definition) is 4. The van der Waals surface area contributed by atoms with E-state index < -0.39 is 0 Å². The average Bonchev–Trinajstić information content (AvgIpc) is 2.85. The zero-order chi connectivity index (χ0) is 15.8. The van der Waals surface area contributed by atoms with Crippen LogP contribution in [0.3, 0.4) is 0 Å². The largest absolute Gasteiger partial charge is 0.508 e. The van der Waals surface area contributed by atoms with Crippen molar-refractivity contribution in [2.24, 2.45) is 0 Å². The maximum atomic E-state index is 10.2. The van der Waals surface area contributed by atoms with Crippen LogP contribution in [0.25, 0.3) is 0 Å². The van der Waals surface area contributed by atoms with Crippen molar-refractivity contribution < 1.29 is 20.4 Å². The number of rotatable bonds is 0. The van der Waals surface area contributed by atoms with E-state index in [-0.39, 0.29) is 46.7 Å². The molecule has 4 unspecified atom stereocenters. The van der Waals surface area contributed by atoms with Gasteiger partial charge in [-0.25, -0.2) is 0 Å². The summed E-state index contributed by atoms with van der Waals surface area (Å²) < 4.78 is 0. The smallest absolute Gasteiger partial charge is 0.123 e. The van der Waals surface area contributed by atoms with Crippen molar-refractivity contribution in [3.63, 3.8) is 0 Å². The monoisotopic (exact) mass is 298 g/mol. The molecular formula is C18H18O4. The van der Waals surface area contributed by atoms with E-state index >= 15 is 0 Å². The molecule has 2 aromatic rings. The second kappa shape index (κ2) is 4.09. The molecule has 0 saturated carbocycles. The highest BCUT2D eigenvalue weighted by atomic mass is 16.3. The Morgan fingerprint density at radius 1 is 0.636 bits per heavy atom. The van der Waals surface area contributed by atoms with E-state index in [0.717, 1.165) is 22.3 Å². The van der Waals surface area contributed by atoms with Gasteiger partial charge in [0.25, 0.3) is 0 Å². The van der Waals surface area contributed by atoms with Crippen LogP contribution in [0.1, 0.15) is 59.8 Å². The highest BCUT2D eigenvalue weighted by Crippen LogP contribution is 2.66. The van der Waals surface area contributed by atoms with E-state index in [4.69, 9.17) is 0 Å². The van der Waals surface area contributed by atoms with Crippen LogP contribution in [0.2, 0.25) is 0 Å². The Morgan fingerprint density at radius 2 is 1.00 bits per heavy atom. The van der Waals surface area contributed by atoms with Gasteiger partial charge in [-0.2, -0.15) is 0 Å². The van der Waals surface area contributed by atoms with Gasteiger partial charge >= 0.3 is 0 Å². The Kier molecular flexibility index (Phi) is 2.48. The molecule has 4 atom stereocenters. The molecule has 4 N–H and O–H groups in total. The number of phenolic OH excluding ortho intramolecular Hbond substituents is 4. The molecule has 0 radical (unpaired) electrons. The predicted molar refractivity (Wildman–Crippen MR) is 81.9 cm³/mol. The van der Waals surface area contributed by atoms with E-state index in [2.05, 4.69) is 0 Å². The zero-order valence-corrected chi connectivity index (χ0v) is 12.4. The van der Waals surface area contributed by atoms with Gasteiger partial charge in [0.15, 0.2) is 0 Å². The molecule has 0 bridgehead atoms. The summed E-state index contributed by atoms with van der Waals surface area (Å²) in [5.41, 5.74) is 3.62. The van der Waals surface area contributed by atoms with Crippen molar-refractivity contribution in [1.29, 1.82) is 0 Å². The third-order valence-corrected chi connectivity index (χ3v) is 5.44. The molecule has 0 spiro atoms. The minimum absolute atomic E-state index is 0.0549. The summed E-state index contributed by atoms with van der Waals surface area (Å²) in [7, 11) is 0. The van der Waals surface area contributed by atoms with E-state index in [9.17, 15) is 20.4 Å². The summed E-state index contributed by atoms with van der Waals surface area (Å²) in [5.74, 6) is 0.649. The average molecular weight is 298 g/mol. The molecule has 22 heavy (non-hydrogen) atoms. The fraction of sp³-hybridized carbons (Fsp3) is 0.333. The molecule has 0 saturated heterocycles. The lowest BCUT2D eigenvalue weighted by molar-refractivity contribution is 0.442.